The third-order valence-electron chi connectivity index (χ3n) is 3.68. The monoisotopic (exact) mass is 293 g/mol. The lowest BCUT2D eigenvalue weighted by Gasteiger charge is -2.14. The van der Waals surface area contributed by atoms with E-state index in [1.54, 1.807) is 12.1 Å². The number of nitriles is 1. The summed E-state index contributed by atoms with van der Waals surface area (Å²) in [4.78, 5) is 2.37. The number of benzene rings is 1. The molecule has 0 radical (unpaired) electrons. The van der Waals surface area contributed by atoms with Gasteiger partial charge < -0.3 is 4.90 Å². The maximum absolute atomic E-state index is 12.2. The van der Waals surface area contributed by atoms with Gasteiger partial charge in [0.1, 0.15) is 6.07 Å². The number of nitrogens with one attached hydrogen (secondary N) is 1. The standard InChI is InChI=1S/C14H19N3O2S/c1-2-17-8-7-12(11-17)10-16-20(18,19)14-6-4-3-5-13(14)9-15/h3-6,12,16H,2,7-8,10-11H2,1H3. The highest BCUT2D eigenvalue weighted by Crippen LogP contribution is 2.17. The predicted octanol–water partition coefficient (Wildman–Crippen LogP) is 1.18. The average Bonchev–Trinajstić information content (AvgIpc) is 2.93. The fourth-order valence-electron chi connectivity index (χ4n) is 2.47. The van der Waals surface area contributed by atoms with E-state index in [0.29, 0.717) is 12.5 Å². The Morgan fingerprint density at radius 3 is 2.85 bits per heavy atom. The number of hydrogen-bond acceptors (Lipinski definition) is 4. The smallest absolute Gasteiger partial charge is 0.241 e. The second-order valence-corrected chi connectivity index (χ2v) is 6.74. The van der Waals surface area contributed by atoms with Crippen molar-refractivity contribution in [3.8, 4) is 6.07 Å². The SMILES string of the molecule is CCN1CCC(CNS(=O)(=O)c2ccccc2C#N)C1. The highest BCUT2D eigenvalue weighted by molar-refractivity contribution is 7.89. The lowest BCUT2D eigenvalue weighted by Crippen LogP contribution is -2.31. The van der Waals surface area contributed by atoms with E-state index < -0.39 is 10.0 Å². The first kappa shape index (κ1) is 15.0. The van der Waals surface area contributed by atoms with E-state index in [2.05, 4.69) is 16.5 Å². The molecular weight excluding hydrogens is 274 g/mol. The van der Waals surface area contributed by atoms with Crippen LogP contribution >= 0.6 is 0 Å². The number of sulfonamides is 1. The lowest BCUT2D eigenvalue weighted by molar-refractivity contribution is 0.342. The normalized spacial score (nSPS) is 19.9. The molecule has 1 atom stereocenters. The van der Waals surface area contributed by atoms with Crippen molar-refractivity contribution in [1.29, 1.82) is 5.26 Å². The van der Waals surface area contributed by atoms with Gasteiger partial charge in [0.05, 0.1) is 10.5 Å². The van der Waals surface area contributed by atoms with Gasteiger partial charge in [0.2, 0.25) is 10.0 Å². The van der Waals surface area contributed by atoms with Crippen molar-refractivity contribution in [3.63, 3.8) is 0 Å². The highest BCUT2D eigenvalue weighted by atomic mass is 32.2. The Morgan fingerprint density at radius 2 is 2.20 bits per heavy atom. The molecule has 1 aromatic carbocycles. The van der Waals surface area contributed by atoms with E-state index >= 15 is 0 Å². The Kier molecular flexibility index (Phi) is 4.76. The summed E-state index contributed by atoms with van der Waals surface area (Å²) in [7, 11) is -3.61. The zero-order valence-electron chi connectivity index (χ0n) is 11.5. The van der Waals surface area contributed by atoms with Gasteiger partial charge in [-0.1, -0.05) is 19.1 Å². The van der Waals surface area contributed by atoms with Crippen LogP contribution in [-0.4, -0.2) is 39.5 Å². The van der Waals surface area contributed by atoms with Crippen molar-refractivity contribution in [1.82, 2.24) is 9.62 Å². The first-order chi connectivity index (χ1) is 9.56. The van der Waals surface area contributed by atoms with Crippen LogP contribution < -0.4 is 4.72 Å². The van der Waals surface area contributed by atoms with E-state index in [0.717, 1.165) is 26.1 Å². The number of rotatable bonds is 5. The molecule has 1 aliphatic heterocycles. The van der Waals surface area contributed by atoms with Gasteiger partial charge in [-0.3, -0.25) is 0 Å². The third-order valence-corrected chi connectivity index (χ3v) is 5.16. The third kappa shape index (κ3) is 3.37. The predicted molar refractivity (Wildman–Crippen MR) is 76.6 cm³/mol. The number of hydrogen-bond donors (Lipinski definition) is 1. The van der Waals surface area contributed by atoms with Crippen LogP contribution in [0.5, 0.6) is 0 Å². The second kappa shape index (κ2) is 6.35. The fraction of sp³-hybridized carbons (Fsp3) is 0.500. The molecule has 0 saturated carbocycles. The Bertz CT molecular complexity index is 607. The molecule has 0 aliphatic carbocycles. The quantitative estimate of drug-likeness (QED) is 0.884. The van der Waals surface area contributed by atoms with Crippen LogP contribution in [0.2, 0.25) is 0 Å². The zero-order chi connectivity index (χ0) is 14.6. The van der Waals surface area contributed by atoms with Gasteiger partial charge in [0.15, 0.2) is 0 Å². The summed E-state index contributed by atoms with van der Waals surface area (Å²) < 4.78 is 27.1. The fourth-order valence-corrected chi connectivity index (χ4v) is 3.74. The Balaban J connectivity index is 2.03. The summed E-state index contributed by atoms with van der Waals surface area (Å²) in [6.45, 7) is 5.49. The van der Waals surface area contributed by atoms with Gasteiger partial charge in [-0.05, 0) is 37.6 Å². The molecule has 2 rings (SSSR count). The molecule has 1 heterocycles. The van der Waals surface area contributed by atoms with Crippen LogP contribution in [0, 0.1) is 17.2 Å². The summed E-state index contributed by atoms with van der Waals surface area (Å²) in [5, 5.41) is 8.98. The molecular formula is C14H19N3O2S. The maximum Gasteiger partial charge on any atom is 0.241 e. The van der Waals surface area contributed by atoms with E-state index in [1.165, 1.54) is 12.1 Å². The molecule has 0 amide bonds. The van der Waals surface area contributed by atoms with Gasteiger partial charge >= 0.3 is 0 Å². The van der Waals surface area contributed by atoms with Crippen LogP contribution in [0.15, 0.2) is 29.2 Å². The van der Waals surface area contributed by atoms with E-state index in [1.807, 2.05) is 6.07 Å². The van der Waals surface area contributed by atoms with Crippen LogP contribution in [0.1, 0.15) is 18.9 Å². The van der Waals surface area contributed by atoms with Crippen LogP contribution in [0.4, 0.5) is 0 Å². The number of nitrogens with zero attached hydrogens (tertiary/aromatic N) is 2. The first-order valence-corrected chi connectivity index (χ1v) is 8.26. The van der Waals surface area contributed by atoms with E-state index in [-0.39, 0.29) is 10.5 Å². The zero-order valence-corrected chi connectivity index (χ0v) is 12.4. The molecule has 1 saturated heterocycles. The van der Waals surface area contributed by atoms with Gasteiger partial charge in [0.25, 0.3) is 0 Å². The first-order valence-electron chi connectivity index (χ1n) is 6.78. The summed E-state index contributed by atoms with van der Waals surface area (Å²) in [5.74, 6) is 0.346. The topological polar surface area (TPSA) is 73.2 Å². The van der Waals surface area contributed by atoms with Crippen molar-refractivity contribution < 1.29 is 8.42 Å². The Labute approximate surface area is 120 Å². The summed E-state index contributed by atoms with van der Waals surface area (Å²) in [6.07, 6.45) is 1.01. The van der Waals surface area contributed by atoms with Gasteiger partial charge in [0, 0.05) is 13.1 Å². The van der Waals surface area contributed by atoms with Gasteiger partial charge in [-0.15, -0.1) is 0 Å². The van der Waals surface area contributed by atoms with Gasteiger partial charge in [-0.25, -0.2) is 13.1 Å². The van der Waals surface area contributed by atoms with Crippen molar-refractivity contribution in [2.45, 2.75) is 18.2 Å². The molecule has 20 heavy (non-hydrogen) atoms. The molecule has 1 aliphatic rings. The van der Waals surface area contributed by atoms with Crippen molar-refractivity contribution in [2.24, 2.45) is 5.92 Å². The highest BCUT2D eigenvalue weighted by Gasteiger charge is 2.24. The summed E-state index contributed by atoms with van der Waals surface area (Å²) in [5.41, 5.74) is 0.182. The van der Waals surface area contributed by atoms with Crippen molar-refractivity contribution in [3.05, 3.63) is 29.8 Å². The molecule has 0 aromatic heterocycles. The van der Waals surface area contributed by atoms with E-state index in [4.69, 9.17) is 5.26 Å². The van der Waals surface area contributed by atoms with Gasteiger partial charge in [-0.2, -0.15) is 5.26 Å². The number of likely N-dealkylation sites (tertiary alicyclic amines) is 1. The lowest BCUT2D eigenvalue weighted by atomic mass is 10.1. The largest absolute Gasteiger partial charge is 0.303 e. The molecule has 1 N–H and O–H groups in total. The Morgan fingerprint density at radius 1 is 1.45 bits per heavy atom. The molecule has 5 nitrogen and oxygen atoms in total. The molecule has 1 aromatic rings. The van der Waals surface area contributed by atoms with Crippen molar-refractivity contribution in [2.75, 3.05) is 26.2 Å². The molecule has 1 unspecified atom stereocenters. The molecule has 6 heteroatoms. The van der Waals surface area contributed by atoms with E-state index in [9.17, 15) is 8.42 Å². The van der Waals surface area contributed by atoms with Crippen LogP contribution in [0.3, 0.4) is 0 Å². The molecule has 108 valence electrons. The summed E-state index contributed by atoms with van der Waals surface area (Å²) in [6, 6.07) is 8.19. The second-order valence-electron chi connectivity index (χ2n) is 5.01. The maximum atomic E-state index is 12.2. The minimum atomic E-state index is -3.61. The molecule has 0 spiro atoms. The minimum absolute atomic E-state index is 0.0628. The average molecular weight is 293 g/mol. The van der Waals surface area contributed by atoms with Crippen LogP contribution in [0.25, 0.3) is 0 Å². The minimum Gasteiger partial charge on any atom is -0.303 e. The molecule has 0 bridgehead atoms. The van der Waals surface area contributed by atoms with Crippen molar-refractivity contribution >= 4 is 10.0 Å². The van der Waals surface area contributed by atoms with Crippen LogP contribution in [-0.2, 0) is 10.0 Å². The summed E-state index contributed by atoms with van der Waals surface area (Å²) >= 11 is 0. The molecule has 1 fully saturated rings. The Hall–Kier alpha value is -1.42.